The number of nitrogens with one attached hydrogen (secondary N) is 1. The zero-order valence-electron chi connectivity index (χ0n) is 13.9. The minimum Gasteiger partial charge on any atom is -0.482 e. The molecule has 1 heterocycles. The third kappa shape index (κ3) is 4.57. The molecule has 1 N–H and O–H groups in total. The van der Waals surface area contributed by atoms with Crippen LogP contribution in [0.1, 0.15) is 5.76 Å². The Hall–Kier alpha value is -3.50. The molecule has 0 bridgehead atoms. The summed E-state index contributed by atoms with van der Waals surface area (Å²) in [6.45, 7) is -0.895. The summed E-state index contributed by atoms with van der Waals surface area (Å²) in [5.41, 5.74) is 0.709. The van der Waals surface area contributed by atoms with Crippen LogP contribution in [-0.2, 0) is 14.3 Å². The van der Waals surface area contributed by atoms with Crippen LogP contribution in [0.25, 0.3) is 11.0 Å². The molecule has 0 aliphatic carbocycles. The smallest absolute Gasteiger partial charge is 0.344 e. The summed E-state index contributed by atoms with van der Waals surface area (Å²) in [5, 5.41) is 12.7. The third-order valence-electron chi connectivity index (χ3n) is 3.48. The fourth-order valence-electron chi connectivity index (χ4n) is 2.31. The maximum atomic E-state index is 12.0. The Morgan fingerprint density at radius 3 is 2.74 bits per heavy atom. The predicted molar refractivity (Wildman–Crippen MR) is 97.5 cm³/mol. The summed E-state index contributed by atoms with van der Waals surface area (Å²) >= 11 is 5.82. The lowest BCUT2D eigenvalue weighted by Crippen LogP contribution is -2.23. The molecular formula is C19H13ClN2O5. The number of rotatable bonds is 6. The van der Waals surface area contributed by atoms with Crippen LogP contribution in [0.15, 0.2) is 52.9 Å². The van der Waals surface area contributed by atoms with Crippen molar-refractivity contribution in [3.8, 4) is 11.8 Å². The largest absolute Gasteiger partial charge is 0.482 e. The molecular weight excluding hydrogens is 372 g/mol. The van der Waals surface area contributed by atoms with E-state index in [4.69, 9.17) is 30.8 Å². The number of benzene rings is 2. The first-order valence-electron chi connectivity index (χ1n) is 7.82. The van der Waals surface area contributed by atoms with E-state index in [1.807, 2.05) is 6.07 Å². The molecule has 2 aromatic carbocycles. The van der Waals surface area contributed by atoms with Gasteiger partial charge in [-0.05, 0) is 30.3 Å². The SMILES string of the molecule is N#Cc1oc2ccccc2c1NC(=O)COC(=O)COc1cccc(Cl)c1. The van der Waals surface area contributed by atoms with Gasteiger partial charge in [0, 0.05) is 10.4 Å². The molecule has 0 aliphatic heterocycles. The van der Waals surface area contributed by atoms with Gasteiger partial charge in [0.15, 0.2) is 13.2 Å². The summed E-state index contributed by atoms with van der Waals surface area (Å²) in [6.07, 6.45) is 0. The van der Waals surface area contributed by atoms with E-state index in [2.05, 4.69) is 5.32 Å². The molecule has 136 valence electrons. The van der Waals surface area contributed by atoms with Gasteiger partial charge in [-0.3, -0.25) is 4.79 Å². The lowest BCUT2D eigenvalue weighted by atomic mass is 10.2. The molecule has 0 atom stereocenters. The van der Waals surface area contributed by atoms with E-state index >= 15 is 0 Å². The van der Waals surface area contributed by atoms with Gasteiger partial charge in [-0.2, -0.15) is 5.26 Å². The number of para-hydroxylation sites is 1. The number of nitriles is 1. The Balaban J connectivity index is 1.54. The first kappa shape index (κ1) is 18.3. The van der Waals surface area contributed by atoms with Crippen molar-refractivity contribution in [3.05, 3.63) is 59.3 Å². The quantitative estimate of drug-likeness (QED) is 0.652. The lowest BCUT2D eigenvalue weighted by Gasteiger charge is -2.07. The van der Waals surface area contributed by atoms with Crippen LogP contribution in [0.5, 0.6) is 5.75 Å². The number of nitrogens with zero attached hydrogens (tertiary/aromatic N) is 1. The molecule has 1 amide bonds. The Morgan fingerprint density at radius 2 is 1.96 bits per heavy atom. The molecule has 0 fully saturated rings. The van der Waals surface area contributed by atoms with Crippen LogP contribution >= 0.6 is 11.6 Å². The maximum Gasteiger partial charge on any atom is 0.344 e. The van der Waals surface area contributed by atoms with Gasteiger partial charge in [-0.1, -0.05) is 29.8 Å². The predicted octanol–water partition coefficient (Wildman–Crippen LogP) is 3.52. The highest BCUT2D eigenvalue weighted by atomic mass is 35.5. The van der Waals surface area contributed by atoms with Crippen LogP contribution in [0.2, 0.25) is 5.02 Å². The van der Waals surface area contributed by atoms with E-state index in [1.54, 1.807) is 48.5 Å². The van der Waals surface area contributed by atoms with Crippen molar-refractivity contribution in [1.29, 1.82) is 5.26 Å². The molecule has 0 radical (unpaired) electrons. The van der Waals surface area contributed by atoms with Crippen LogP contribution in [0, 0.1) is 11.3 Å². The average molecular weight is 385 g/mol. The average Bonchev–Trinajstić information content (AvgIpc) is 3.02. The minimum atomic E-state index is -0.720. The fourth-order valence-corrected chi connectivity index (χ4v) is 2.49. The van der Waals surface area contributed by atoms with E-state index < -0.39 is 18.5 Å². The highest BCUT2D eigenvalue weighted by Crippen LogP contribution is 2.30. The van der Waals surface area contributed by atoms with Crippen molar-refractivity contribution in [1.82, 2.24) is 0 Å². The Morgan fingerprint density at radius 1 is 1.15 bits per heavy atom. The highest BCUT2D eigenvalue weighted by molar-refractivity contribution is 6.30. The molecule has 0 aliphatic rings. The van der Waals surface area contributed by atoms with Crippen molar-refractivity contribution in [2.45, 2.75) is 0 Å². The second-order valence-electron chi connectivity index (χ2n) is 5.37. The van der Waals surface area contributed by atoms with Crippen molar-refractivity contribution in [3.63, 3.8) is 0 Å². The monoisotopic (exact) mass is 384 g/mol. The summed E-state index contributed by atoms with van der Waals surface area (Å²) in [4.78, 5) is 23.8. The normalized spacial score (nSPS) is 10.2. The number of hydrogen-bond acceptors (Lipinski definition) is 6. The van der Waals surface area contributed by atoms with Crippen molar-refractivity contribution in [2.75, 3.05) is 18.5 Å². The van der Waals surface area contributed by atoms with Gasteiger partial charge in [0.2, 0.25) is 5.76 Å². The number of esters is 1. The first-order chi connectivity index (χ1) is 13.1. The topological polar surface area (TPSA) is 102 Å². The van der Waals surface area contributed by atoms with Crippen molar-refractivity contribution < 1.29 is 23.5 Å². The van der Waals surface area contributed by atoms with E-state index in [0.717, 1.165) is 0 Å². The molecule has 8 heteroatoms. The standard InChI is InChI=1S/C19H13ClN2O5/c20-12-4-3-5-13(8-12)25-11-18(24)26-10-17(23)22-19-14-6-1-2-7-15(14)27-16(19)9-21/h1-8H,10-11H2,(H,22,23). The number of anilines is 1. The van der Waals surface area contributed by atoms with E-state index in [9.17, 15) is 9.59 Å². The number of furan rings is 1. The summed E-state index contributed by atoms with van der Waals surface area (Å²) < 4.78 is 15.5. The maximum absolute atomic E-state index is 12.0. The Bertz CT molecular complexity index is 1040. The molecule has 7 nitrogen and oxygen atoms in total. The Kier molecular flexibility index (Phi) is 5.59. The first-order valence-corrected chi connectivity index (χ1v) is 8.20. The van der Waals surface area contributed by atoms with Gasteiger partial charge in [0.05, 0.1) is 0 Å². The third-order valence-corrected chi connectivity index (χ3v) is 3.71. The molecule has 1 aromatic heterocycles. The molecule has 3 aromatic rings. The van der Waals surface area contributed by atoms with Gasteiger partial charge in [0.25, 0.3) is 5.91 Å². The zero-order valence-corrected chi connectivity index (χ0v) is 14.7. The lowest BCUT2D eigenvalue weighted by molar-refractivity contribution is -0.149. The Labute approximate surface area is 159 Å². The number of carbonyl (C=O) groups excluding carboxylic acids is 2. The van der Waals surface area contributed by atoms with Gasteiger partial charge in [-0.15, -0.1) is 0 Å². The number of halogens is 1. The number of hydrogen-bond donors (Lipinski definition) is 1. The molecule has 0 saturated carbocycles. The van der Waals surface area contributed by atoms with Crippen molar-refractivity contribution >= 4 is 40.1 Å². The summed E-state index contributed by atoms with van der Waals surface area (Å²) in [5.74, 6) is -0.940. The molecule has 27 heavy (non-hydrogen) atoms. The number of fused-ring (bicyclic) bond motifs is 1. The molecule has 3 rings (SSSR count). The van der Waals surface area contributed by atoms with Crippen LogP contribution < -0.4 is 10.1 Å². The van der Waals surface area contributed by atoms with E-state index in [-0.39, 0.29) is 18.1 Å². The second-order valence-corrected chi connectivity index (χ2v) is 5.81. The van der Waals surface area contributed by atoms with Crippen LogP contribution in [0.3, 0.4) is 0 Å². The second kappa shape index (κ2) is 8.25. The van der Waals surface area contributed by atoms with Gasteiger partial charge in [0.1, 0.15) is 23.1 Å². The minimum absolute atomic E-state index is 0.0276. The van der Waals surface area contributed by atoms with Gasteiger partial charge >= 0.3 is 5.97 Å². The van der Waals surface area contributed by atoms with E-state index in [0.29, 0.717) is 21.7 Å². The van der Waals surface area contributed by atoms with Gasteiger partial charge in [-0.25, -0.2) is 4.79 Å². The van der Waals surface area contributed by atoms with Crippen molar-refractivity contribution in [2.24, 2.45) is 0 Å². The number of amides is 1. The fraction of sp³-hybridized carbons (Fsp3) is 0.105. The van der Waals surface area contributed by atoms with E-state index in [1.165, 1.54) is 0 Å². The number of ether oxygens (including phenoxy) is 2. The highest BCUT2D eigenvalue weighted by Gasteiger charge is 2.17. The summed E-state index contributed by atoms with van der Waals surface area (Å²) in [6, 6.07) is 15.3. The number of carbonyl (C=O) groups is 2. The zero-order chi connectivity index (χ0) is 19.2. The van der Waals surface area contributed by atoms with Gasteiger partial charge < -0.3 is 19.2 Å². The summed E-state index contributed by atoms with van der Waals surface area (Å²) in [7, 11) is 0. The molecule has 0 spiro atoms. The van der Waals surface area contributed by atoms with Crippen LogP contribution in [-0.4, -0.2) is 25.1 Å². The van der Waals surface area contributed by atoms with Crippen LogP contribution in [0.4, 0.5) is 5.69 Å². The molecule has 0 unspecified atom stereocenters. The molecule has 0 saturated heterocycles.